The SMILES string of the molecule is COc1ccccc1CCN1CCC(CN(C)C(=O)c2cnc(C)nc2)CC1. The maximum absolute atomic E-state index is 12.5. The first-order valence-corrected chi connectivity index (χ1v) is 9.95. The summed E-state index contributed by atoms with van der Waals surface area (Å²) in [5, 5.41) is 0. The molecule has 1 fully saturated rings. The molecule has 0 aliphatic carbocycles. The molecule has 1 aliphatic heterocycles. The van der Waals surface area contributed by atoms with Crippen molar-refractivity contribution in [3.8, 4) is 5.75 Å². The first-order valence-electron chi connectivity index (χ1n) is 9.95. The van der Waals surface area contributed by atoms with Crippen LogP contribution in [0.5, 0.6) is 5.75 Å². The van der Waals surface area contributed by atoms with E-state index in [1.54, 1.807) is 19.5 Å². The van der Waals surface area contributed by atoms with Crippen LogP contribution < -0.4 is 4.74 Å². The molecule has 0 bridgehead atoms. The van der Waals surface area contributed by atoms with Crippen molar-refractivity contribution in [2.45, 2.75) is 26.2 Å². The molecular formula is C22H30N4O2. The van der Waals surface area contributed by atoms with Crippen LogP contribution >= 0.6 is 0 Å². The Hall–Kier alpha value is -2.47. The zero-order chi connectivity index (χ0) is 19.9. The third-order valence-corrected chi connectivity index (χ3v) is 5.50. The van der Waals surface area contributed by atoms with Gasteiger partial charge in [-0.25, -0.2) is 9.97 Å². The largest absolute Gasteiger partial charge is 0.496 e. The quantitative estimate of drug-likeness (QED) is 0.737. The molecule has 150 valence electrons. The highest BCUT2D eigenvalue weighted by Crippen LogP contribution is 2.21. The standard InChI is InChI=1S/C22H30N4O2/c1-17-23-14-20(15-24-17)22(27)25(2)16-18-8-11-26(12-9-18)13-10-19-6-4-5-7-21(19)28-3/h4-7,14-15,18H,8-13,16H2,1-3H3. The summed E-state index contributed by atoms with van der Waals surface area (Å²) in [6, 6.07) is 8.23. The number of carbonyl (C=O) groups is 1. The Kier molecular flexibility index (Phi) is 6.98. The van der Waals surface area contributed by atoms with Gasteiger partial charge < -0.3 is 14.5 Å². The number of piperidine rings is 1. The van der Waals surface area contributed by atoms with Crippen molar-refractivity contribution in [2.75, 3.05) is 40.3 Å². The fourth-order valence-corrected chi connectivity index (χ4v) is 3.77. The second-order valence-corrected chi connectivity index (χ2v) is 7.55. The normalized spacial score (nSPS) is 15.4. The number of methoxy groups -OCH3 is 1. The minimum Gasteiger partial charge on any atom is -0.496 e. The minimum absolute atomic E-state index is 0.00129. The van der Waals surface area contributed by atoms with Crippen molar-refractivity contribution in [2.24, 2.45) is 5.92 Å². The van der Waals surface area contributed by atoms with E-state index < -0.39 is 0 Å². The second kappa shape index (κ2) is 9.64. The number of ether oxygens (including phenoxy) is 1. The fraction of sp³-hybridized carbons (Fsp3) is 0.500. The van der Waals surface area contributed by atoms with Crippen LogP contribution in [0.1, 0.15) is 34.6 Å². The molecule has 28 heavy (non-hydrogen) atoms. The molecule has 6 nitrogen and oxygen atoms in total. The lowest BCUT2D eigenvalue weighted by molar-refractivity contribution is 0.0739. The third kappa shape index (κ3) is 5.29. The van der Waals surface area contributed by atoms with E-state index in [-0.39, 0.29) is 5.91 Å². The number of benzene rings is 1. The van der Waals surface area contributed by atoms with Crippen LogP contribution in [0.4, 0.5) is 0 Å². The van der Waals surface area contributed by atoms with Crippen molar-refractivity contribution in [1.29, 1.82) is 0 Å². The Bertz CT molecular complexity index is 770. The number of para-hydroxylation sites is 1. The first kappa shape index (κ1) is 20.3. The molecular weight excluding hydrogens is 352 g/mol. The van der Waals surface area contributed by atoms with Gasteiger partial charge in [-0.05, 0) is 56.8 Å². The van der Waals surface area contributed by atoms with Crippen LogP contribution in [-0.4, -0.2) is 66.0 Å². The molecule has 0 atom stereocenters. The van der Waals surface area contributed by atoms with Gasteiger partial charge in [0.2, 0.25) is 0 Å². The van der Waals surface area contributed by atoms with Gasteiger partial charge in [0.25, 0.3) is 5.91 Å². The number of hydrogen-bond acceptors (Lipinski definition) is 5. The summed E-state index contributed by atoms with van der Waals surface area (Å²) in [7, 11) is 3.60. The lowest BCUT2D eigenvalue weighted by atomic mass is 9.95. The maximum atomic E-state index is 12.5. The number of aromatic nitrogens is 2. The lowest BCUT2D eigenvalue weighted by Gasteiger charge is -2.34. The Morgan fingerprint density at radius 1 is 1.21 bits per heavy atom. The van der Waals surface area contributed by atoms with E-state index in [2.05, 4.69) is 27.0 Å². The van der Waals surface area contributed by atoms with Crippen molar-refractivity contribution >= 4 is 5.91 Å². The number of carbonyl (C=O) groups excluding carboxylic acids is 1. The molecule has 1 saturated heterocycles. The third-order valence-electron chi connectivity index (χ3n) is 5.50. The maximum Gasteiger partial charge on any atom is 0.256 e. The summed E-state index contributed by atoms with van der Waals surface area (Å²) < 4.78 is 5.45. The van der Waals surface area contributed by atoms with Gasteiger partial charge in [-0.2, -0.15) is 0 Å². The van der Waals surface area contributed by atoms with Crippen LogP contribution in [-0.2, 0) is 6.42 Å². The molecule has 0 saturated carbocycles. The average Bonchev–Trinajstić information content (AvgIpc) is 2.73. The molecule has 2 heterocycles. The zero-order valence-electron chi connectivity index (χ0n) is 17.1. The molecule has 1 aromatic carbocycles. The number of likely N-dealkylation sites (tertiary alicyclic amines) is 1. The molecule has 2 aromatic rings. The summed E-state index contributed by atoms with van der Waals surface area (Å²) >= 11 is 0. The van der Waals surface area contributed by atoms with E-state index in [9.17, 15) is 4.79 Å². The fourth-order valence-electron chi connectivity index (χ4n) is 3.77. The topological polar surface area (TPSA) is 58.6 Å². The summed E-state index contributed by atoms with van der Waals surface area (Å²) in [5.41, 5.74) is 1.82. The van der Waals surface area contributed by atoms with Gasteiger partial charge in [-0.15, -0.1) is 0 Å². The summed E-state index contributed by atoms with van der Waals surface area (Å²) in [5.74, 6) is 2.19. The summed E-state index contributed by atoms with van der Waals surface area (Å²) in [4.78, 5) is 25.1. The Balaban J connectivity index is 1.43. The molecule has 1 aliphatic rings. The monoisotopic (exact) mass is 382 g/mol. The van der Waals surface area contributed by atoms with E-state index in [4.69, 9.17) is 4.74 Å². The summed E-state index contributed by atoms with van der Waals surface area (Å²) in [6.07, 6.45) is 6.46. The van der Waals surface area contributed by atoms with Crippen molar-refractivity contribution in [3.05, 3.63) is 53.6 Å². The van der Waals surface area contributed by atoms with Crippen molar-refractivity contribution in [3.63, 3.8) is 0 Å². The molecule has 0 unspecified atom stereocenters. The molecule has 6 heteroatoms. The lowest BCUT2D eigenvalue weighted by Crippen LogP contribution is -2.40. The van der Waals surface area contributed by atoms with Gasteiger partial charge >= 0.3 is 0 Å². The number of hydrogen-bond donors (Lipinski definition) is 0. The Morgan fingerprint density at radius 3 is 2.57 bits per heavy atom. The van der Waals surface area contributed by atoms with Gasteiger partial charge in [-0.1, -0.05) is 18.2 Å². The van der Waals surface area contributed by atoms with E-state index >= 15 is 0 Å². The predicted octanol–water partition coefficient (Wildman–Crippen LogP) is 2.82. The van der Waals surface area contributed by atoms with Gasteiger partial charge in [0, 0.05) is 32.5 Å². The molecule has 0 N–H and O–H groups in total. The van der Waals surface area contributed by atoms with Gasteiger partial charge in [-0.3, -0.25) is 4.79 Å². The summed E-state index contributed by atoms with van der Waals surface area (Å²) in [6.45, 7) is 5.81. The number of amides is 1. The highest BCUT2D eigenvalue weighted by Gasteiger charge is 2.23. The van der Waals surface area contributed by atoms with Crippen molar-refractivity contribution in [1.82, 2.24) is 19.8 Å². The van der Waals surface area contributed by atoms with E-state index in [1.165, 1.54) is 5.56 Å². The second-order valence-electron chi connectivity index (χ2n) is 7.55. The average molecular weight is 383 g/mol. The number of aryl methyl sites for hydroxylation is 1. The minimum atomic E-state index is -0.00129. The van der Waals surface area contributed by atoms with E-state index in [0.717, 1.165) is 51.2 Å². The van der Waals surface area contributed by atoms with Gasteiger partial charge in [0.05, 0.1) is 12.7 Å². The molecule has 0 spiro atoms. The smallest absolute Gasteiger partial charge is 0.256 e. The zero-order valence-corrected chi connectivity index (χ0v) is 17.1. The highest BCUT2D eigenvalue weighted by atomic mass is 16.5. The number of nitrogens with zero attached hydrogens (tertiary/aromatic N) is 4. The van der Waals surface area contributed by atoms with Crippen LogP contribution in [0.25, 0.3) is 0 Å². The van der Waals surface area contributed by atoms with E-state index in [1.807, 2.05) is 31.0 Å². The highest BCUT2D eigenvalue weighted by molar-refractivity contribution is 5.93. The van der Waals surface area contributed by atoms with Gasteiger partial charge in [0.15, 0.2) is 0 Å². The molecule has 0 radical (unpaired) electrons. The predicted molar refractivity (Wildman–Crippen MR) is 110 cm³/mol. The van der Waals surface area contributed by atoms with E-state index in [0.29, 0.717) is 17.3 Å². The van der Waals surface area contributed by atoms with Crippen molar-refractivity contribution < 1.29 is 9.53 Å². The van der Waals surface area contributed by atoms with Crippen LogP contribution in [0, 0.1) is 12.8 Å². The first-order chi connectivity index (χ1) is 13.6. The van der Waals surface area contributed by atoms with Gasteiger partial charge in [0.1, 0.15) is 11.6 Å². The van der Waals surface area contributed by atoms with Crippen LogP contribution in [0.15, 0.2) is 36.7 Å². The molecule has 1 amide bonds. The Labute approximate surface area is 167 Å². The molecule has 1 aromatic heterocycles. The number of rotatable bonds is 7. The Morgan fingerprint density at radius 2 is 1.89 bits per heavy atom. The van der Waals surface area contributed by atoms with Crippen LogP contribution in [0.2, 0.25) is 0 Å². The van der Waals surface area contributed by atoms with Crippen LogP contribution in [0.3, 0.4) is 0 Å². The molecule has 3 rings (SSSR count).